The van der Waals surface area contributed by atoms with E-state index in [-0.39, 0.29) is 17.5 Å². The Kier molecular flexibility index (Phi) is 2.57. The van der Waals surface area contributed by atoms with Crippen molar-refractivity contribution in [3.63, 3.8) is 0 Å². The van der Waals surface area contributed by atoms with Crippen LogP contribution in [0.25, 0.3) is 0 Å². The van der Waals surface area contributed by atoms with E-state index in [4.69, 9.17) is 4.74 Å². The van der Waals surface area contributed by atoms with E-state index in [1.807, 2.05) is 25.3 Å². The van der Waals surface area contributed by atoms with Gasteiger partial charge in [0, 0.05) is 18.9 Å². The van der Waals surface area contributed by atoms with Crippen LogP contribution in [0.3, 0.4) is 0 Å². The fraction of sp³-hybridized carbons (Fsp3) is 0.615. The average Bonchev–Trinajstić information content (AvgIpc) is 2.74. The highest BCUT2D eigenvalue weighted by molar-refractivity contribution is 5.92. The zero-order valence-corrected chi connectivity index (χ0v) is 11.8. The molecule has 2 aliphatic heterocycles. The van der Waals surface area contributed by atoms with Gasteiger partial charge in [-0.25, -0.2) is 9.78 Å². The minimum Gasteiger partial charge on any atom is -0.444 e. The van der Waals surface area contributed by atoms with Crippen LogP contribution in [0.1, 0.15) is 31.4 Å². The smallest absolute Gasteiger partial charge is 0.410 e. The Morgan fingerprint density at radius 3 is 2.80 bits per heavy atom. The normalized spacial score (nSPS) is 20.1. The summed E-state index contributed by atoms with van der Waals surface area (Å²) in [6.07, 6.45) is 3.08. The lowest BCUT2D eigenvalue weighted by molar-refractivity contribution is -0.0311. The first kappa shape index (κ1) is 13.0. The van der Waals surface area contributed by atoms with Gasteiger partial charge in [0.15, 0.2) is 5.82 Å². The molecule has 7 heteroatoms. The maximum absolute atomic E-state index is 12.0. The van der Waals surface area contributed by atoms with Gasteiger partial charge in [0.2, 0.25) is 0 Å². The number of carbonyl (C=O) groups excluding carboxylic acids is 2. The summed E-state index contributed by atoms with van der Waals surface area (Å²) in [6, 6.07) is 0. The van der Waals surface area contributed by atoms with Gasteiger partial charge in [0.1, 0.15) is 5.60 Å². The first-order chi connectivity index (χ1) is 9.31. The van der Waals surface area contributed by atoms with Gasteiger partial charge in [0.25, 0.3) is 5.91 Å². The third-order valence-electron chi connectivity index (χ3n) is 3.55. The molecular weight excluding hydrogens is 260 g/mol. The number of aromatic nitrogens is 2. The van der Waals surface area contributed by atoms with Crippen LogP contribution in [-0.4, -0.2) is 51.7 Å². The Morgan fingerprint density at radius 1 is 1.45 bits per heavy atom. The van der Waals surface area contributed by atoms with E-state index >= 15 is 0 Å². The Morgan fingerprint density at radius 2 is 2.15 bits per heavy atom. The summed E-state index contributed by atoms with van der Waals surface area (Å²) >= 11 is 0. The van der Waals surface area contributed by atoms with E-state index in [1.165, 1.54) is 0 Å². The van der Waals surface area contributed by atoms with Crippen LogP contribution in [0, 0.1) is 0 Å². The summed E-state index contributed by atoms with van der Waals surface area (Å²) in [5, 5.41) is 2.82. The zero-order valence-electron chi connectivity index (χ0n) is 11.8. The summed E-state index contributed by atoms with van der Waals surface area (Å²) < 4.78 is 7.21. The van der Waals surface area contributed by atoms with Crippen LogP contribution in [0.5, 0.6) is 0 Å². The molecule has 7 nitrogen and oxygen atoms in total. The fourth-order valence-corrected chi connectivity index (χ4v) is 2.65. The van der Waals surface area contributed by atoms with Gasteiger partial charge >= 0.3 is 6.09 Å². The number of amides is 2. The second-order valence-electron chi connectivity index (χ2n) is 6.36. The number of rotatable bonds is 0. The average molecular weight is 278 g/mol. The molecule has 0 radical (unpaired) electrons. The lowest BCUT2D eigenvalue weighted by Crippen LogP contribution is -2.70. The van der Waals surface area contributed by atoms with Crippen molar-refractivity contribution in [2.75, 3.05) is 19.6 Å². The maximum Gasteiger partial charge on any atom is 0.410 e. The molecule has 2 aliphatic rings. The van der Waals surface area contributed by atoms with Crippen molar-refractivity contribution in [3.8, 4) is 0 Å². The van der Waals surface area contributed by atoms with Gasteiger partial charge in [-0.2, -0.15) is 0 Å². The Hall–Kier alpha value is -2.05. The lowest BCUT2D eigenvalue weighted by atomic mass is 9.88. The number of ether oxygens (including phenoxy) is 1. The molecule has 108 valence electrons. The van der Waals surface area contributed by atoms with E-state index in [9.17, 15) is 9.59 Å². The van der Waals surface area contributed by atoms with Gasteiger partial charge in [-0.3, -0.25) is 4.79 Å². The van der Waals surface area contributed by atoms with Crippen molar-refractivity contribution in [2.24, 2.45) is 0 Å². The highest BCUT2D eigenvalue weighted by Gasteiger charge is 2.51. The monoisotopic (exact) mass is 278 g/mol. The van der Waals surface area contributed by atoms with E-state index in [0.29, 0.717) is 25.5 Å². The molecule has 0 saturated carbocycles. The van der Waals surface area contributed by atoms with Crippen molar-refractivity contribution in [1.29, 1.82) is 0 Å². The van der Waals surface area contributed by atoms with E-state index in [0.717, 1.165) is 0 Å². The largest absolute Gasteiger partial charge is 0.444 e. The van der Waals surface area contributed by atoms with Crippen LogP contribution < -0.4 is 5.32 Å². The van der Waals surface area contributed by atoms with Crippen LogP contribution in [0.4, 0.5) is 4.79 Å². The third kappa shape index (κ3) is 1.93. The molecule has 3 rings (SSSR count). The number of imidazole rings is 1. The minimum absolute atomic E-state index is 0.170. The third-order valence-corrected chi connectivity index (χ3v) is 3.55. The van der Waals surface area contributed by atoms with Gasteiger partial charge in [-0.1, -0.05) is 0 Å². The summed E-state index contributed by atoms with van der Waals surface area (Å²) in [7, 11) is 0. The van der Waals surface area contributed by atoms with Gasteiger partial charge < -0.3 is 19.5 Å². The van der Waals surface area contributed by atoms with Crippen molar-refractivity contribution >= 4 is 12.0 Å². The Balaban J connectivity index is 1.73. The molecule has 1 aromatic heterocycles. The Labute approximate surface area is 116 Å². The summed E-state index contributed by atoms with van der Waals surface area (Å²) in [5.74, 6) is 0.233. The first-order valence-corrected chi connectivity index (χ1v) is 6.61. The van der Waals surface area contributed by atoms with Crippen molar-refractivity contribution in [3.05, 3.63) is 18.2 Å². The number of carbonyl (C=O) groups is 2. The SMILES string of the molecule is CC(C)(C)OC(=O)N1CC2(CNC(=O)c3nccn32)C1. The van der Waals surface area contributed by atoms with E-state index in [2.05, 4.69) is 10.3 Å². The molecule has 0 unspecified atom stereocenters. The molecule has 0 aliphatic carbocycles. The second kappa shape index (κ2) is 3.97. The topological polar surface area (TPSA) is 76.5 Å². The molecule has 20 heavy (non-hydrogen) atoms. The molecule has 0 bridgehead atoms. The van der Waals surface area contributed by atoms with Crippen molar-refractivity contribution in [1.82, 2.24) is 19.8 Å². The van der Waals surface area contributed by atoms with E-state index in [1.54, 1.807) is 17.3 Å². The molecule has 3 heterocycles. The number of likely N-dealkylation sites (tertiary alicyclic amines) is 1. The molecule has 2 amide bonds. The minimum atomic E-state index is -0.499. The van der Waals surface area contributed by atoms with Gasteiger partial charge in [-0.15, -0.1) is 0 Å². The second-order valence-corrected chi connectivity index (χ2v) is 6.36. The summed E-state index contributed by atoms with van der Waals surface area (Å²) in [5.41, 5.74) is -0.780. The highest BCUT2D eigenvalue weighted by Crippen LogP contribution is 2.33. The molecule has 1 spiro atoms. The number of fused-ring (bicyclic) bond motifs is 2. The molecule has 1 N–H and O–H groups in total. The molecule has 1 saturated heterocycles. The molecule has 1 fully saturated rings. The maximum atomic E-state index is 12.0. The highest BCUT2D eigenvalue weighted by atomic mass is 16.6. The molecular formula is C13H18N4O3. The predicted molar refractivity (Wildman–Crippen MR) is 70.3 cm³/mol. The predicted octanol–water partition coefficient (Wildman–Crippen LogP) is 0.572. The lowest BCUT2D eigenvalue weighted by Gasteiger charge is -2.52. The first-order valence-electron chi connectivity index (χ1n) is 6.61. The fourth-order valence-electron chi connectivity index (χ4n) is 2.65. The summed E-state index contributed by atoms with van der Waals surface area (Å²) in [6.45, 7) is 7.07. The van der Waals surface area contributed by atoms with E-state index < -0.39 is 5.60 Å². The quantitative estimate of drug-likeness (QED) is 0.753. The number of nitrogens with zero attached hydrogens (tertiary/aromatic N) is 3. The van der Waals surface area contributed by atoms with Crippen molar-refractivity contribution < 1.29 is 14.3 Å². The molecule has 0 aromatic carbocycles. The van der Waals surface area contributed by atoms with Crippen LogP contribution in [-0.2, 0) is 10.3 Å². The van der Waals surface area contributed by atoms with Gasteiger partial charge in [0.05, 0.1) is 18.6 Å². The number of hydrogen-bond donors (Lipinski definition) is 1. The molecule has 0 atom stereocenters. The van der Waals surface area contributed by atoms with Crippen LogP contribution >= 0.6 is 0 Å². The van der Waals surface area contributed by atoms with Crippen molar-refractivity contribution in [2.45, 2.75) is 31.9 Å². The van der Waals surface area contributed by atoms with Crippen LogP contribution in [0.15, 0.2) is 12.4 Å². The summed E-state index contributed by atoms with van der Waals surface area (Å²) in [4.78, 5) is 29.4. The standard InChI is InChI=1S/C13H18N4O3/c1-12(2,3)20-11(19)16-7-13(8-16)6-15-10(18)9-14-4-5-17(9)13/h4-5H,6-8H2,1-3H3,(H,15,18). The van der Waals surface area contributed by atoms with Crippen LogP contribution in [0.2, 0.25) is 0 Å². The zero-order chi connectivity index (χ0) is 14.5. The molecule has 1 aromatic rings. The van der Waals surface area contributed by atoms with Gasteiger partial charge in [-0.05, 0) is 20.8 Å². The number of nitrogens with one attached hydrogen (secondary N) is 1. The number of hydrogen-bond acceptors (Lipinski definition) is 4. The Bertz CT molecular complexity index is 566.